The lowest BCUT2D eigenvalue weighted by Crippen LogP contribution is -2.06. The van der Waals surface area contributed by atoms with Crippen molar-refractivity contribution in [3.8, 4) is 0 Å². The van der Waals surface area contributed by atoms with Crippen molar-refractivity contribution in [3.63, 3.8) is 0 Å². The van der Waals surface area contributed by atoms with E-state index in [0.717, 1.165) is 0 Å². The van der Waals surface area contributed by atoms with E-state index in [4.69, 9.17) is 0 Å². The van der Waals surface area contributed by atoms with Crippen LogP contribution in [0.2, 0.25) is 0 Å². The van der Waals surface area contributed by atoms with Gasteiger partial charge in [-0.3, -0.25) is 9.89 Å². The third-order valence-electron chi connectivity index (χ3n) is 1.99. The Morgan fingerprint density at radius 2 is 2.31 bits per heavy atom. The number of carbonyl (C=O) groups is 1. The van der Waals surface area contributed by atoms with Crippen LogP contribution in [-0.4, -0.2) is 21.1 Å². The Morgan fingerprint density at radius 3 is 2.94 bits per heavy atom. The Kier molecular flexibility index (Phi) is 2.51. The number of carbonyl (C=O) groups excluding carboxylic acids is 1. The molecule has 0 unspecified atom stereocenters. The molecule has 0 radical (unpaired) electrons. The molecule has 2 aromatic rings. The molecule has 2 aromatic heterocycles. The molecule has 0 saturated carbocycles. The summed E-state index contributed by atoms with van der Waals surface area (Å²) >= 11 is 0. The first kappa shape index (κ1) is 10.5. The molecule has 2 heterocycles. The third-order valence-corrected chi connectivity index (χ3v) is 1.99. The average Bonchev–Trinajstić information content (AvgIpc) is 2.59. The number of alkyl halides is 2. The Balaban J connectivity index is 2.45. The summed E-state index contributed by atoms with van der Waals surface area (Å²) in [5, 5.41) is 8.65. The van der Waals surface area contributed by atoms with Crippen molar-refractivity contribution in [2.75, 3.05) is 5.32 Å². The summed E-state index contributed by atoms with van der Waals surface area (Å²) in [6, 6.07) is 1.43. The van der Waals surface area contributed by atoms with Crippen molar-refractivity contribution < 1.29 is 13.6 Å². The van der Waals surface area contributed by atoms with Gasteiger partial charge in [-0.05, 0) is 0 Å². The fourth-order valence-corrected chi connectivity index (χ4v) is 1.34. The van der Waals surface area contributed by atoms with Gasteiger partial charge in [-0.1, -0.05) is 0 Å². The Labute approximate surface area is 88.9 Å². The maximum Gasteiger partial charge on any atom is 0.280 e. The molecule has 1 amide bonds. The van der Waals surface area contributed by atoms with Crippen molar-refractivity contribution >= 4 is 22.6 Å². The molecule has 0 aliphatic rings. The summed E-state index contributed by atoms with van der Waals surface area (Å²) < 4.78 is 24.9. The van der Waals surface area contributed by atoms with Crippen LogP contribution in [0.5, 0.6) is 0 Å². The third kappa shape index (κ3) is 1.83. The van der Waals surface area contributed by atoms with Crippen LogP contribution in [0.25, 0.3) is 10.9 Å². The number of nitrogens with zero attached hydrogens (tertiary/aromatic N) is 2. The Morgan fingerprint density at radius 1 is 1.56 bits per heavy atom. The fraction of sp³-hybridized carbons (Fsp3) is 0.222. The van der Waals surface area contributed by atoms with Gasteiger partial charge in [0.1, 0.15) is 11.5 Å². The Hall–Kier alpha value is -2.05. The second-order valence-corrected chi connectivity index (χ2v) is 3.21. The van der Waals surface area contributed by atoms with Gasteiger partial charge in [0.15, 0.2) is 0 Å². The second kappa shape index (κ2) is 3.84. The Bertz CT molecular complexity index is 537. The number of rotatable bonds is 2. The highest BCUT2D eigenvalue weighted by atomic mass is 19.3. The molecule has 0 atom stereocenters. The number of pyridine rings is 1. The molecular formula is C9H8F2N4O. The number of aromatic amines is 1. The van der Waals surface area contributed by atoms with Crippen molar-refractivity contribution in [1.82, 2.24) is 15.2 Å². The molecule has 0 bridgehead atoms. The minimum absolute atomic E-state index is 0.254. The van der Waals surface area contributed by atoms with E-state index in [-0.39, 0.29) is 22.8 Å². The van der Waals surface area contributed by atoms with Gasteiger partial charge in [0, 0.05) is 24.6 Å². The number of hydrogen-bond donors (Lipinski definition) is 2. The maximum atomic E-state index is 12.5. The lowest BCUT2D eigenvalue weighted by atomic mass is 10.2. The van der Waals surface area contributed by atoms with Gasteiger partial charge >= 0.3 is 0 Å². The number of amides is 1. The van der Waals surface area contributed by atoms with Gasteiger partial charge in [0.05, 0.1) is 5.52 Å². The quantitative estimate of drug-likeness (QED) is 0.820. The zero-order chi connectivity index (χ0) is 11.7. The minimum Gasteiger partial charge on any atom is -0.311 e. The van der Waals surface area contributed by atoms with Crippen molar-refractivity contribution in [2.24, 2.45) is 0 Å². The molecule has 7 heteroatoms. The van der Waals surface area contributed by atoms with Gasteiger partial charge in [0.25, 0.3) is 6.43 Å². The number of aromatic nitrogens is 3. The SMILES string of the molecule is CC(=O)Nc1cc2n[nH]c(C(F)F)c2cn1. The summed E-state index contributed by atoms with van der Waals surface area (Å²) in [6.45, 7) is 1.33. The molecule has 16 heavy (non-hydrogen) atoms. The first-order chi connectivity index (χ1) is 7.58. The van der Waals surface area contributed by atoms with E-state index >= 15 is 0 Å². The molecule has 2 N–H and O–H groups in total. The zero-order valence-electron chi connectivity index (χ0n) is 8.29. The predicted octanol–water partition coefficient (Wildman–Crippen LogP) is 1.85. The van der Waals surface area contributed by atoms with Gasteiger partial charge in [0.2, 0.25) is 5.91 Å². The van der Waals surface area contributed by atoms with Gasteiger partial charge in [-0.15, -0.1) is 0 Å². The molecule has 84 valence electrons. The first-order valence-corrected chi connectivity index (χ1v) is 4.47. The average molecular weight is 226 g/mol. The summed E-state index contributed by atoms with van der Waals surface area (Å²) in [7, 11) is 0. The van der Waals surface area contributed by atoms with Crippen LogP contribution in [0.1, 0.15) is 19.0 Å². The van der Waals surface area contributed by atoms with Crippen LogP contribution >= 0.6 is 0 Å². The van der Waals surface area contributed by atoms with Crippen LogP contribution < -0.4 is 5.32 Å². The first-order valence-electron chi connectivity index (χ1n) is 4.47. The van der Waals surface area contributed by atoms with Crippen molar-refractivity contribution in [3.05, 3.63) is 18.0 Å². The van der Waals surface area contributed by atoms with E-state index in [2.05, 4.69) is 20.5 Å². The lowest BCUT2D eigenvalue weighted by Gasteiger charge is -2.00. The largest absolute Gasteiger partial charge is 0.311 e. The fourth-order valence-electron chi connectivity index (χ4n) is 1.34. The van der Waals surface area contributed by atoms with Crippen LogP contribution in [-0.2, 0) is 4.79 Å². The smallest absolute Gasteiger partial charge is 0.280 e. The summed E-state index contributed by atoms with van der Waals surface area (Å²) in [5.74, 6) is 0.00350. The number of anilines is 1. The zero-order valence-corrected chi connectivity index (χ0v) is 8.29. The molecule has 2 rings (SSSR count). The van der Waals surface area contributed by atoms with E-state index in [9.17, 15) is 13.6 Å². The number of halogens is 2. The number of fused-ring (bicyclic) bond motifs is 1. The molecule has 0 aliphatic heterocycles. The number of nitrogens with one attached hydrogen (secondary N) is 2. The van der Waals surface area contributed by atoms with Gasteiger partial charge in [-0.2, -0.15) is 5.10 Å². The molecule has 0 spiro atoms. The number of hydrogen-bond acceptors (Lipinski definition) is 3. The van der Waals surface area contributed by atoms with E-state index in [1.807, 2.05) is 0 Å². The van der Waals surface area contributed by atoms with Gasteiger partial charge < -0.3 is 5.32 Å². The van der Waals surface area contributed by atoms with Crippen LogP contribution in [0.4, 0.5) is 14.6 Å². The highest BCUT2D eigenvalue weighted by molar-refractivity contribution is 5.90. The molecule has 0 fully saturated rings. The second-order valence-electron chi connectivity index (χ2n) is 3.21. The van der Waals surface area contributed by atoms with Gasteiger partial charge in [-0.25, -0.2) is 13.8 Å². The topological polar surface area (TPSA) is 70.7 Å². The monoisotopic (exact) mass is 226 g/mol. The number of H-pyrrole nitrogens is 1. The van der Waals surface area contributed by atoms with Crippen LogP contribution in [0, 0.1) is 0 Å². The van der Waals surface area contributed by atoms with E-state index in [1.165, 1.54) is 19.2 Å². The highest BCUT2D eigenvalue weighted by Crippen LogP contribution is 2.25. The minimum atomic E-state index is -2.63. The predicted molar refractivity (Wildman–Crippen MR) is 53.1 cm³/mol. The van der Waals surface area contributed by atoms with E-state index in [0.29, 0.717) is 5.52 Å². The lowest BCUT2D eigenvalue weighted by molar-refractivity contribution is -0.114. The standard InChI is InChI=1S/C9H8F2N4O/c1-4(16)13-7-2-6-5(3-12-7)8(9(10)11)15-14-6/h2-3,9H,1H3,(H,14,15)(H,12,13,16). The van der Waals surface area contributed by atoms with Crippen molar-refractivity contribution in [2.45, 2.75) is 13.3 Å². The van der Waals surface area contributed by atoms with E-state index in [1.54, 1.807) is 0 Å². The van der Waals surface area contributed by atoms with E-state index < -0.39 is 6.43 Å². The van der Waals surface area contributed by atoms with Crippen molar-refractivity contribution in [1.29, 1.82) is 0 Å². The highest BCUT2D eigenvalue weighted by Gasteiger charge is 2.15. The van der Waals surface area contributed by atoms with Crippen LogP contribution in [0.15, 0.2) is 12.3 Å². The summed E-state index contributed by atoms with van der Waals surface area (Å²) in [5.41, 5.74) is 0.0749. The normalized spacial score (nSPS) is 11.0. The summed E-state index contributed by atoms with van der Waals surface area (Å²) in [6.07, 6.45) is -1.37. The molecule has 0 aromatic carbocycles. The molecule has 0 aliphatic carbocycles. The molecular weight excluding hydrogens is 218 g/mol. The maximum absolute atomic E-state index is 12.5. The molecule has 5 nitrogen and oxygen atoms in total. The molecule has 0 saturated heterocycles. The van der Waals surface area contributed by atoms with Crippen LogP contribution in [0.3, 0.4) is 0 Å². The summed E-state index contributed by atoms with van der Waals surface area (Å²) in [4.78, 5) is 14.6.